The summed E-state index contributed by atoms with van der Waals surface area (Å²) in [6.45, 7) is 8.59. The molecule has 0 amide bonds. The molecule has 1 heteroatoms. The minimum atomic E-state index is 0.860. The summed E-state index contributed by atoms with van der Waals surface area (Å²) in [5, 5.41) is 3.69. The van der Waals surface area contributed by atoms with Crippen LogP contribution in [0.15, 0.2) is 0 Å². The molecule has 1 N–H and O–H groups in total. The molecule has 2 atom stereocenters. The lowest BCUT2D eigenvalue weighted by Gasteiger charge is -2.34. The first-order valence-corrected chi connectivity index (χ1v) is 7.40. The van der Waals surface area contributed by atoms with Gasteiger partial charge < -0.3 is 5.32 Å². The molecule has 2 aliphatic rings. The zero-order chi connectivity index (χ0) is 11.5. The van der Waals surface area contributed by atoms with Crippen molar-refractivity contribution < 1.29 is 0 Å². The van der Waals surface area contributed by atoms with Gasteiger partial charge in [0.2, 0.25) is 0 Å². The Morgan fingerprint density at radius 1 is 1.00 bits per heavy atom. The van der Waals surface area contributed by atoms with Gasteiger partial charge in [0, 0.05) is 6.04 Å². The van der Waals surface area contributed by atoms with Crippen molar-refractivity contribution in [2.75, 3.05) is 6.54 Å². The molecule has 2 saturated carbocycles. The number of hydrogen-bond donors (Lipinski definition) is 1. The largest absolute Gasteiger partial charge is 0.314 e. The minimum absolute atomic E-state index is 0.860. The van der Waals surface area contributed by atoms with Gasteiger partial charge in [0.05, 0.1) is 0 Å². The molecule has 0 saturated heterocycles. The highest BCUT2D eigenvalue weighted by Crippen LogP contribution is 2.36. The van der Waals surface area contributed by atoms with Crippen LogP contribution in [0, 0.1) is 23.7 Å². The zero-order valence-corrected chi connectivity index (χ0v) is 11.3. The van der Waals surface area contributed by atoms with E-state index in [1.165, 1.54) is 45.1 Å². The quantitative estimate of drug-likeness (QED) is 0.747. The summed E-state index contributed by atoms with van der Waals surface area (Å²) >= 11 is 0. The molecule has 2 fully saturated rings. The van der Waals surface area contributed by atoms with Crippen LogP contribution in [-0.4, -0.2) is 12.6 Å². The number of hydrogen-bond acceptors (Lipinski definition) is 1. The summed E-state index contributed by atoms with van der Waals surface area (Å²) in [7, 11) is 0. The maximum atomic E-state index is 3.69. The topological polar surface area (TPSA) is 12.0 Å². The first-order valence-electron chi connectivity index (χ1n) is 7.40. The van der Waals surface area contributed by atoms with Gasteiger partial charge in [0.25, 0.3) is 0 Å². The molecule has 2 unspecified atom stereocenters. The third-order valence-corrected chi connectivity index (χ3v) is 5.01. The molecule has 0 aliphatic heterocycles. The molecule has 1 nitrogen and oxygen atoms in total. The van der Waals surface area contributed by atoms with E-state index >= 15 is 0 Å². The molecule has 2 rings (SSSR count). The van der Waals surface area contributed by atoms with Crippen molar-refractivity contribution in [2.24, 2.45) is 23.7 Å². The molecular weight excluding hydrogens is 194 g/mol. The Balaban J connectivity index is 1.69. The van der Waals surface area contributed by atoms with Crippen molar-refractivity contribution in [3.05, 3.63) is 0 Å². The van der Waals surface area contributed by atoms with Gasteiger partial charge in [0.1, 0.15) is 0 Å². The van der Waals surface area contributed by atoms with E-state index in [4.69, 9.17) is 0 Å². The Morgan fingerprint density at radius 2 is 1.62 bits per heavy atom. The maximum absolute atomic E-state index is 3.69. The normalized spacial score (nSPS) is 34.7. The average Bonchev–Trinajstić information content (AvgIpc) is 3.10. The molecule has 0 bridgehead atoms. The summed E-state index contributed by atoms with van der Waals surface area (Å²) in [5.74, 6) is 3.77. The van der Waals surface area contributed by atoms with Crippen molar-refractivity contribution in [1.29, 1.82) is 0 Å². The predicted molar refractivity (Wildman–Crippen MR) is 70.5 cm³/mol. The molecule has 0 aromatic rings. The highest BCUT2D eigenvalue weighted by Gasteiger charge is 2.28. The maximum Gasteiger partial charge on any atom is 0.00683 e. The van der Waals surface area contributed by atoms with Gasteiger partial charge in [-0.1, -0.05) is 33.6 Å². The van der Waals surface area contributed by atoms with Crippen LogP contribution in [0.25, 0.3) is 0 Å². The second kappa shape index (κ2) is 5.53. The van der Waals surface area contributed by atoms with E-state index in [-0.39, 0.29) is 0 Å². The molecule has 2 aliphatic carbocycles. The smallest absolute Gasteiger partial charge is 0.00683 e. The van der Waals surface area contributed by atoms with Crippen molar-refractivity contribution in [1.82, 2.24) is 5.32 Å². The average molecular weight is 223 g/mol. The molecule has 0 heterocycles. The highest BCUT2D eigenvalue weighted by molar-refractivity contribution is 4.83. The van der Waals surface area contributed by atoms with Gasteiger partial charge in [0.15, 0.2) is 0 Å². The first kappa shape index (κ1) is 12.4. The van der Waals surface area contributed by atoms with Crippen LogP contribution in [0.4, 0.5) is 0 Å². The number of nitrogens with one attached hydrogen (secondary N) is 1. The van der Waals surface area contributed by atoms with E-state index in [2.05, 4.69) is 26.1 Å². The van der Waals surface area contributed by atoms with Crippen molar-refractivity contribution in [3.8, 4) is 0 Å². The van der Waals surface area contributed by atoms with Gasteiger partial charge in [-0.05, 0) is 55.9 Å². The van der Waals surface area contributed by atoms with Crippen LogP contribution >= 0.6 is 0 Å². The first-order chi connectivity index (χ1) is 7.66. The molecule has 0 spiro atoms. The lowest BCUT2D eigenvalue weighted by molar-refractivity contribution is 0.176. The van der Waals surface area contributed by atoms with Crippen molar-refractivity contribution >= 4 is 0 Å². The van der Waals surface area contributed by atoms with Gasteiger partial charge in [-0.2, -0.15) is 0 Å². The Morgan fingerprint density at radius 3 is 2.19 bits per heavy atom. The summed E-state index contributed by atoms with van der Waals surface area (Å²) in [5.41, 5.74) is 0. The predicted octanol–water partition coefficient (Wildman–Crippen LogP) is 3.84. The van der Waals surface area contributed by atoms with E-state index in [9.17, 15) is 0 Å². The SMILES string of the molecule is CC1CCC(C(C)C(C)CNC2CC2)CC1. The van der Waals surface area contributed by atoms with Crippen LogP contribution < -0.4 is 5.32 Å². The third-order valence-electron chi connectivity index (χ3n) is 5.01. The van der Waals surface area contributed by atoms with E-state index in [0.717, 1.165) is 29.7 Å². The molecular formula is C15H29N. The molecule has 0 aromatic carbocycles. The molecule has 94 valence electrons. The summed E-state index contributed by atoms with van der Waals surface area (Å²) in [6, 6.07) is 0.876. The lowest BCUT2D eigenvalue weighted by atomic mass is 9.73. The Kier molecular flexibility index (Phi) is 4.29. The summed E-state index contributed by atoms with van der Waals surface area (Å²) in [6.07, 6.45) is 8.74. The standard InChI is InChI=1S/C15H29N/c1-11-4-6-14(7-5-11)13(3)12(2)10-16-15-8-9-15/h11-16H,4-10H2,1-3H3. The van der Waals surface area contributed by atoms with Crippen LogP contribution in [0.2, 0.25) is 0 Å². The van der Waals surface area contributed by atoms with Gasteiger partial charge >= 0.3 is 0 Å². The monoisotopic (exact) mass is 223 g/mol. The second-order valence-electron chi connectivity index (χ2n) is 6.54. The highest BCUT2D eigenvalue weighted by atomic mass is 14.9. The van der Waals surface area contributed by atoms with E-state index in [1.807, 2.05) is 0 Å². The fourth-order valence-corrected chi connectivity index (χ4v) is 3.10. The van der Waals surface area contributed by atoms with Crippen LogP contribution in [-0.2, 0) is 0 Å². The lowest BCUT2D eigenvalue weighted by Crippen LogP contribution is -2.31. The molecule has 0 aromatic heterocycles. The van der Waals surface area contributed by atoms with Gasteiger partial charge in [-0.25, -0.2) is 0 Å². The molecule has 0 radical (unpaired) electrons. The van der Waals surface area contributed by atoms with Crippen molar-refractivity contribution in [2.45, 2.75) is 65.3 Å². The Labute approximate surface area is 101 Å². The van der Waals surface area contributed by atoms with Gasteiger partial charge in [-0.15, -0.1) is 0 Å². The van der Waals surface area contributed by atoms with Crippen molar-refractivity contribution in [3.63, 3.8) is 0 Å². The fraction of sp³-hybridized carbons (Fsp3) is 1.00. The van der Waals surface area contributed by atoms with E-state index < -0.39 is 0 Å². The van der Waals surface area contributed by atoms with Crippen LogP contribution in [0.3, 0.4) is 0 Å². The third kappa shape index (κ3) is 3.48. The Bertz CT molecular complexity index is 201. The van der Waals surface area contributed by atoms with E-state index in [1.54, 1.807) is 0 Å². The summed E-state index contributed by atoms with van der Waals surface area (Å²) in [4.78, 5) is 0. The fourth-order valence-electron chi connectivity index (χ4n) is 3.10. The zero-order valence-electron chi connectivity index (χ0n) is 11.3. The Hall–Kier alpha value is -0.0400. The van der Waals surface area contributed by atoms with Crippen LogP contribution in [0.5, 0.6) is 0 Å². The minimum Gasteiger partial charge on any atom is -0.314 e. The second-order valence-corrected chi connectivity index (χ2v) is 6.54. The van der Waals surface area contributed by atoms with E-state index in [0.29, 0.717) is 0 Å². The van der Waals surface area contributed by atoms with Crippen LogP contribution in [0.1, 0.15) is 59.3 Å². The summed E-state index contributed by atoms with van der Waals surface area (Å²) < 4.78 is 0. The van der Waals surface area contributed by atoms with Gasteiger partial charge in [-0.3, -0.25) is 0 Å². The number of rotatable bonds is 5. The molecule has 16 heavy (non-hydrogen) atoms.